The van der Waals surface area contributed by atoms with Crippen LogP contribution in [0.5, 0.6) is 0 Å². The number of urea groups is 1. The predicted octanol–water partition coefficient (Wildman–Crippen LogP) is 0.267. The lowest BCUT2D eigenvalue weighted by molar-refractivity contribution is -0.140. The van der Waals surface area contributed by atoms with E-state index in [0.29, 0.717) is 4.31 Å². The van der Waals surface area contributed by atoms with E-state index in [9.17, 15) is 18.0 Å². The zero-order valence-corrected chi connectivity index (χ0v) is 11.1. The summed E-state index contributed by atoms with van der Waals surface area (Å²) in [6, 6.07) is 4.69. The molecule has 0 saturated carbocycles. The average Bonchev–Trinajstić information content (AvgIpc) is 2.43. The fourth-order valence-corrected chi connectivity index (χ4v) is 3.10. The van der Waals surface area contributed by atoms with Crippen molar-refractivity contribution in [2.45, 2.75) is 4.90 Å². The summed E-state index contributed by atoms with van der Waals surface area (Å²) < 4.78 is 29.3. The Kier molecular flexibility index (Phi) is 3.33. The number of esters is 1. The summed E-state index contributed by atoms with van der Waals surface area (Å²) in [5.74, 6) is -0.872. The van der Waals surface area contributed by atoms with Crippen LogP contribution in [0.3, 0.4) is 0 Å². The third-order valence-electron chi connectivity index (χ3n) is 2.65. The molecule has 20 heavy (non-hydrogen) atoms. The molecule has 0 saturated heterocycles. The highest BCUT2D eigenvalue weighted by molar-refractivity contribution is 7.90. The molecular formula is C11H9N3O5S. The zero-order chi connectivity index (χ0) is 14.9. The number of methoxy groups -OCH3 is 1. The molecule has 1 aromatic carbocycles. The van der Waals surface area contributed by atoms with Crippen LogP contribution in [0.4, 0.5) is 10.5 Å². The number of carbonyl (C=O) groups excluding carboxylic acids is 2. The Morgan fingerprint density at radius 1 is 1.50 bits per heavy atom. The van der Waals surface area contributed by atoms with Gasteiger partial charge in [-0.2, -0.15) is 5.26 Å². The molecular weight excluding hydrogens is 286 g/mol. The number of sulfonamides is 1. The standard InChI is InChI=1S/C11H9N3O5S/c1-19-10(15)6-14-11(16)13-8-3-2-7(5-12)4-9(8)20(14,17)18/h2-4H,6H2,1H3,(H,13,16). The van der Waals surface area contributed by atoms with Crippen molar-refractivity contribution in [2.75, 3.05) is 19.0 Å². The highest BCUT2D eigenvalue weighted by atomic mass is 32.2. The molecule has 104 valence electrons. The SMILES string of the molecule is COC(=O)CN1C(=O)Nc2ccc(C#N)cc2S1(=O)=O. The molecule has 0 radical (unpaired) electrons. The lowest BCUT2D eigenvalue weighted by Crippen LogP contribution is -2.46. The number of nitriles is 1. The van der Waals surface area contributed by atoms with Crippen LogP contribution >= 0.6 is 0 Å². The lowest BCUT2D eigenvalue weighted by Gasteiger charge is -2.27. The molecule has 0 aromatic heterocycles. The molecule has 1 heterocycles. The number of nitrogens with zero attached hydrogens (tertiary/aromatic N) is 2. The number of hydrogen-bond donors (Lipinski definition) is 1. The summed E-state index contributed by atoms with van der Waals surface area (Å²) in [4.78, 5) is 22.7. The van der Waals surface area contributed by atoms with Gasteiger partial charge in [-0.1, -0.05) is 0 Å². The van der Waals surface area contributed by atoms with Crippen LogP contribution in [-0.4, -0.2) is 38.4 Å². The highest BCUT2D eigenvalue weighted by Gasteiger charge is 2.38. The van der Waals surface area contributed by atoms with Crippen LogP contribution in [0, 0.1) is 11.3 Å². The zero-order valence-electron chi connectivity index (χ0n) is 10.3. The molecule has 1 aromatic rings. The molecule has 0 bridgehead atoms. The first-order valence-corrected chi connectivity index (χ1v) is 6.79. The number of carbonyl (C=O) groups is 2. The van der Waals surface area contributed by atoms with Crippen molar-refractivity contribution < 1.29 is 22.7 Å². The fourth-order valence-electron chi connectivity index (χ4n) is 1.65. The van der Waals surface area contributed by atoms with Crippen molar-refractivity contribution >= 4 is 27.7 Å². The van der Waals surface area contributed by atoms with Gasteiger partial charge < -0.3 is 10.1 Å². The van der Waals surface area contributed by atoms with Crippen molar-refractivity contribution in [3.05, 3.63) is 23.8 Å². The van der Waals surface area contributed by atoms with Crippen molar-refractivity contribution in [3.8, 4) is 6.07 Å². The summed E-state index contributed by atoms with van der Waals surface area (Å²) in [5.41, 5.74) is 0.191. The van der Waals surface area contributed by atoms with Gasteiger partial charge >= 0.3 is 12.0 Å². The molecule has 0 aliphatic carbocycles. The molecule has 0 spiro atoms. The molecule has 1 N–H and O–H groups in total. The van der Waals surface area contributed by atoms with E-state index in [0.717, 1.165) is 13.2 Å². The second-order valence-electron chi connectivity index (χ2n) is 3.84. The maximum Gasteiger partial charge on any atom is 0.336 e. The largest absolute Gasteiger partial charge is 0.468 e. The number of amides is 2. The van der Waals surface area contributed by atoms with E-state index in [-0.39, 0.29) is 16.1 Å². The van der Waals surface area contributed by atoms with Crippen molar-refractivity contribution in [2.24, 2.45) is 0 Å². The topological polar surface area (TPSA) is 117 Å². The Morgan fingerprint density at radius 3 is 2.80 bits per heavy atom. The molecule has 2 rings (SSSR count). The van der Waals surface area contributed by atoms with Gasteiger partial charge in [-0.15, -0.1) is 0 Å². The fraction of sp³-hybridized carbons (Fsp3) is 0.182. The van der Waals surface area contributed by atoms with Crippen LogP contribution in [0.15, 0.2) is 23.1 Å². The van der Waals surface area contributed by atoms with Gasteiger partial charge in [-0.25, -0.2) is 17.5 Å². The van der Waals surface area contributed by atoms with Crippen LogP contribution in [0.1, 0.15) is 5.56 Å². The van der Waals surface area contributed by atoms with Gasteiger partial charge in [0, 0.05) is 0 Å². The van der Waals surface area contributed by atoms with Crippen molar-refractivity contribution in [1.29, 1.82) is 5.26 Å². The first-order valence-electron chi connectivity index (χ1n) is 5.35. The van der Waals surface area contributed by atoms with Crippen LogP contribution in [-0.2, 0) is 19.6 Å². The van der Waals surface area contributed by atoms with Crippen LogP contribution < -0.4 is 5.32 Å². The first kappa shape index (κ1) is 13.8. The molecule has 9 heteroatoms. The number of ether oxygens (including phenoxy) is 1. The number of hydrogen-bond acceptors (Lipinski definition) is 6. The average molecular weight is 295 g/mol. The number of fused-ring (bicyclic) bond motifs is 1. The third-order valence-corrected chi connectivity index (χ3v) is 4.42. The van der Waals surface area contributed by atoms with Gasteiger partial charge in [-0.05, 0) is 18.2 Å². The van der Waals surface area contributed by atoms with E-state index in [1.54, 1.807) is 6.07 Å². The maximum absolute atomic E-state index is 12.3. The molecule has 8 nitrogen and oxygen atoms in total. The molecule has 2 amide bonds. The Morgan fingerprint density at radius 2 is 2.20 bits per heavy atom. The van der Waals surface area contributed by atoms with Crippen molar-refractivity contribution in [1.82, 2.24) is 4.31 Å². The summed E-state index contributed by atoms with van der Waals surface area (Å²) in [6.45, 7) is -0.735. The van der Waals surface area contributed by atoms with E-state index < -0.39 is 28.6 Å². The van der Waals surface area contributed by atoms with E-state index in [1.165, 1.54) is 12.1 Å². The Bertz CT molecular complexity index is 735. The van der Waals surface area contributed by atoms with E-state index in [2.05, 4.69) is 10.1 Å². The quantitative estimate of drug-likeness (QED) is 0.782. The van der Waals surface area contributed by atoms with Gasteiger partial charge in [0.05, 0.1) is 24.4 Å². The van der Waals surface area contributed by atoms with Crippen LogP contribution in [0.25, 0.3) is 0 Å². The Balaban J connectivity index is 2.53. The monoisotopic (exact) mass is 295 g/mol. The van der Waals surface area contributed by atoms with E-state index >= 15 is 0 Å². The minimum Gasteiger partial charge on any atom is -0.468 e. The van der Waals surface area contributed by atoms with Gasteiger partial charge in [0.15, 0.2) is 0 Å². The first-order chi connectivity index (χ1) is 9.40. The number of rotatable bonds is 2. The number of nitrogens with one attached hydrogen (secondary N) is 1. The molecule has 0 unspecified atom stereocenters. The predicted molar refractivity (Wildman–Crippen MR) is 66.1 cm³/mol. The van der Waals surface area contributed by atoms with E-state index in [1.807, 2.05) is 0 Å². The van der Waals surface area contributed by atoms with Crippen LogP contribution in [0.2, 0.25) is 0 Å². The summed E-state index contributed by atoms with van der Waals surface area (Å²) >= 11 is 0. The smallest absolute Gasteiger partial charge is 0.336 e. The van der Waals surface area contributed by atoms with Crippen molar-refractivity contribution in [3.63, 3.8) is 0 Å². The maximum atomic E-state index is 12.3. The lowest BCUT2D eigenvalue weighted by atomic mass is 10.2. The molecule has 1 aliphatic heterocycles. The number of benzene rings is 1. The molecule has 1 aliphatic rings. The van der Waals surface area contributed by atoms with Gasteiger partial charge in [-0.3, -0.25) is 4.79 Å². The normalized spacial score (nSPS) is 15.8. The Labute approximate surface area is 114 Å². The second kappa shape index (κ2) is 4.82. The summed E-state index contributed by atoms with van der Waals surface area (Å²) in [5, 5.41) is 11.1. The van der Waals surface area contributed by atoms with E-state index in [4.69, 9.17) is 5.26 Å². The molecule has 0 fully saturated rings. The van der Waals surface area contributed by atoms with Gasteiger partial charge in [0.25, 0.3) is 10.0 Å². The van der Waals surface area contributed by atoms with Gasteiger partial charge in [0.2, 0.25) is 0 Å². The number of anilines is 1. The summed E-state index contributed by atoms with van der Waals surface area (Å²) in [6.07, 6.45) is 0. The summed E-state index contributed by atoms with van der Waals surface area (Å²) in [7, 11) is -3.12. The highest BCUT2D eigenvalue weighted by Crippen LogP contribution is 2.30. The third kappa shape index (κ3) is 2.17. The Hall–Kier alpha value is -2.60. The minimum absolute atomic E-state index is 0.0649. The minimum atomic E-state index is -4.20. The second-order valence-corrected chi connectivity index (χ2v) is 5.67. The van der Waals surface area contributed by atoms with Gasteiger partial charge in [0.1, 0.15) is 11.4 Å². The molecule has 0 atom stereocenters.